The summed E-state index contributed by atoms with van der Waals surface area (Å²) in [4.78, 5) is 0. The smallest absolute Gasteiger partial charge is 0.0194 e. The number of rotatable bonds is 7. The second-order valence-electron chi connectivity index (χ2n) is 6.94. The van der Waals surface area contributed by atoms with Crippen molar-refractivity contribution < 1.29 is 0 Å². The van der Waals surface area contributed by atoms with Gasteiger partial charge in [-0.1, -0.05) is 57.9 Å². The highest BCUT2D eigenvalue weighted by Gasteiger charge is 2.22. The van der Waals surface area contributed by atoms with Gasteiger partial charge in [-0.05, 0) is 56.3 Å². The molecule has 1 rings (SSSR count). The van der Waals surface area contributed by atoms with Crippen LogP contribution in [0.25, 0.3) is 0 Å². The average Bonchev–Trinajstić information content (AvgIpc) is 2.31. The highest BCUT2D eigenvalue weighted by atomic mass is 14.3. The quantitative estimate of drug-likeness (QED) is 0.485. The lowest BCUT2D eigenvalue weighted by molar-refractivity contribution is 0.434. The molecule has 104 valence electrons. The summed E-state index contributed by atoms with van der Waals surface area (Å²) >= 11 is 0. The van der Waals surface area contributed by atoms with Crippen LogP contribution < -0.4 is 0 Å². The Bertz CT molecular complexity index is 319. The van der Waals surface area contributed by atoms with Crippen LogP contribution in [-0.2, 0) is 0 Å². The molecule has 0 radical (unpaired) electrons. The lowest BCUT2D eigenvalue weighted by Gasteiger charge is -2.30. The van der Waals surface area contributed by atoms with E-state index in [2.05, 4.69) is 48.1 Å². The first-order valence-electron chi connectivity index (χ1n) is 7.70. The van der Waals surface area contributed by atoms with E-state index in [-0.39, 0.29) is 0 Å². The van der Waals surface area contributed by atoms with Crippen molar-refractivity contribution in [1.29, 1.82) is 0 Å². The van der Waals surface area contributed by atoms with Crippen molar-refractivity contribution in [2.24, 2.45) is 23.7 Å². The van der Waals surface area contributed by atoms with Crippen LogP contribution in [0.5, 0.6) is 0 Å². The molecule has 0 heterocycles. The van der Waals surface area contributed by atoms with E-state index in [1.165, 1.54) is 31.3 Å². The number of hydrogen-bond acceptors (Lipinski definition) is 0. The van der Waals surface area contributed by atoms with Gasteiger partial charge in [0.25, 0.3) is 0 Å². The van der Waals surface area contributed by atoms with Crippen LogP contribution in [0, 0.1) is 23.7 Å². The Morgan fingerprint density at radius 3 is 2.28 bits per heavy atom. The molecule has 0 N–H and O–H groups in total. The van der Waals surface area contributed by atoms with E-state index in [1.807, 2.05) is 0 Å². The molecule has 0 spiro atoms. The van der Waals surface area contributed by atoms with Crippen LogP contribution in [0.15, 0.2) is 23.3 Å². The fourth-order valence-electron chi connectivity index (χ4n) is 3.12. The Morgan fingerprint density at radius 1 is 1.22 bits per heavy atom. The highest BCUT2D eigenvalue weighted by Crippen LogP contribution is 2.38. The molecule has 0 fully saturated rings. The summed E-state index contributed by atoms with van der Waals surface area (Å²) in [5.41, 5.74) is 4.84. The molecule has 0 bridgehead atoms. The zero-order valence-electron chi connectivity index (χ0n) is 13.3. The summed E-state index contributed by atoms with van der Waals surface area (Å²) in [6, 6.07) is 0. The van der Waals surface area contributed by atoms with Gasteiger partial charge in [-0.25, -0.2) is 0 Å². The van der Waals surface area contributed by atoms with Gasteiger partial charge >= 0.3 is 0 Å². The predicted octanol–water partition coefficient (Wildman–Crippen LogP) is 6.00. The van der Waals surface area contributed by atoms with Crippen LogP contribution in [-0.4, -0.2) is 0 Å². The maximum atomic E-state index is 4.35. The van der Waals surface area contributed by atoms with Crippen molar-refractivity contribution in [3.63, 3.8) is 0 Å². The molecule has 0 saturated carbocycles. The normalized spacial score (nSPS) is 22.9. The lowest BCUT2D eigenvalue weighted by atomic mass is 9.75. The van der Waals surface area contributed by atoms with Crippen molar-refractivity contribution in [2.75, 3.05) is 0 Å². The van der Waals surface area contributed by atoms with Gasteiger partial charge in [0.1, 0.15) is 0 Å². The van der Waals surface area contributed by atoms with Gasteiger partial charge in [-0.3, -0.25) is 0 Å². The van der Waals surface area contributed by atoms with Crippen LogP contribution in [0.1, 0.15) is 67.2 Å². The van der Waals surface area contributed by atoms with Gasteiger partial charge < -0.3 is 0 Å². The molecule has 0 heteroatoms. The molecule has 3 atom stereocenters. The fraction of sp³-hybridized carbons (Fsp3) is 0.778. The van der Waals surface area contributed by atoms with Gasteiger partial charge in [-0.2, -0.15) is 0 Å². The third-order valence-electron chi connectivity index (χ3n) is 4.82. The predicted molar refractivity (Wildman–Crippen MR) is 82.6 cm³/mol. The second kappa shape index (κ2) is 6.59. The van der Waals surface area contributed by atoms with E-state index in [0.717, 1.165) is 11.8 Å². The van der Waals surface area contributed by atoms with Crippen LogP contribution in [0.3, 0.4) is 0 Å². The molecule has 0 saturated heterocycles. The standard InChI is InChI=1S/C18H32/c1-12(2)10-14(4)16(6)13(3)8-9-18-11-15(5)17(18)7/h12-15H,6,8-11H2,1-5,7H3. The van der Waals surface area contributed by atoms with E-state index in [1.54, 1.807) is 11.1 Å². The molecule has 0 amide bonds. The lowest BCUT2D eigenvalue weighted by Crippen LogP contribution is -2.15. The maximum absolute atomic E-state index is 4.35. The Morgan fingerprint density at radius 2 is 1.83 bits per heavy atom. The summed E-state index contributed by atoms with van der Waals surface area (Å²) < 4.78 is 0. The van der Waals surface area contributed by atoms with Crippen molar-refractivity contribution in [3.8, 4) is 0 Å². The summed E-state index contributed by atoms with van der Waals surface area (Å²) in [5.74, 6) is 2.98. The van der Waals surface area contributed by atoms with Crippen LogP contribution in [0.4, 0.5) is 0 Å². The fourth-order valence-corrected chi connectivity index (χ4v) is 3.12. The Balaban J connectivity index is 2.37. The summed E-state index contributed by atoms with van der Waals surface area (Å²) in [6.07, 6.45) is 5.21. The first-order valence-corrected chi connectivity index (χ1v) is 7.70. The monoisotopic (exact) mass is 248 g/mol. The molecule has 1 aliphatic rings. The third-order valence-corrected chi connectivity index (χ3v) is 4.82. The van der Waals surface area contributed by atoms with Gasteiger partial charge in [-0.15, -0.1) is 0 Å². The average molecular weight is 248 g/mol. The summed E-state index contributed by atoms with van der Waals surface area (Å²) in [6.45, 7) is 18.3. The van der Waals surface area contributed by atoms with E-state index in [4.69, 9.17) is 0 Å². The molecular formula is C18H32. The SMILES string of the molecule is C=C(C(C)CCC1=C(C)C(C)C1)C(C)CC(C)C. The van der Waals surface area contributed by atoms with Gasteiger partial charge in [0, 0.05) is 0 Å². The molecule has 3 unspecified atom stereocenters. The molecule has 1 aliphatic carbocycles. The van der Waals surface area contributed by atoms with Crippen molar-refractivity contribution in [2.45, 2.75) is 67.2 Å². The minimum atomic E-state index is 0.676. The molecule has 0 aromatic heterocycles. The highest BCUT2D eigenvalue weighted by molar-refractivity contribution is 5.26. The number of hydrogen-bond donors (Lipinski definition) is 0. The molecule has 0 aromatic carbocycles. The van der Waals surface area contributed by atoms with E-state index < -0.39 is 0 Å². The van der Waals surface area contributed by atoms with Gasteiger partial charge in [0.15, 0.2) is 0 Å². The molecule has 0 aliphatic heterocycles. The Labute approximate surface area is 115 Å². The molecular weight excluding hydrogens is 216 g/mol. The Kier molecular flexibility index (Phi) is 5.69. The first kappa shape index (κ1) is 15.5. The first-order chi connectivity index (χ1) is 8.32. The Hall–Kier alpha value is -0.520. The third kappa shape index (κ3) is 4.00. The van der Waals surface area contributed by atoms with E-state index >= 15 is 0 Å². The van der Waals surface area contributed by atoms with Gasteiger partial charge in [0.05, 0.1) is 0 Å². The largest absolute Gasteiger partial charge is 0.0993 e. The summed E-state index contributed by atoms with van der Waals surface area (Å²) in [5, 5.41) is 0. The van der Waals surface area contributed by atoms with Crippen LogP contribution in [0.2, 0.25) is 0 Å². The second-order valence-corrected chi connectivity index (χ2v) is 6.94. The molecule has 18 heavy (non-hydrogen) atoms. The topological polar surface area (TPSA) is 0 Å². The van der Waals surface area contributed by atoms with Crippen molar-refractivity contribution >= 4 is 0 Å². The van der Waals surface area contributed by atoms with E-state index in [0.29, 0.717) is 11.8 Å². The maximum Gasteiger partial charge on any atom is -0.0194 e. The van der Waals surface area contributed by atoms with E-state index in [9.17, 15) is 0 Å². The minimum Gasteiger partial charge on any atom is -0.0993 e. The molecule has 0 nitrogen and oxygen atoms in total. The van der Waals surface area contributed by atoms with Gasteiger partial charge in [0.2, 0.25) is 0 Å². The van der Waals surface area contributed by atoms with Crippen molar-refractivity contribution in [1.82, 2.24) is 0 Å². The summed E-state index contributed by atoms with van der Waals surface area (Å²) in [7, 11) is 0. The zero-order chi connectivity index (χ0) is 13.9. The number of allylic oxidation sites excluding steroid dienone is 3. The van der Waals surface area contributed by atoms with Crippen LogP contribution >= 0.6 is 0 Å². The molecule has 0 aromatic rings. The zero-order valence-corrected chi connectivity index (χ0v) is 13.3. The minimum absolute atomic E-state index is 0.676. The van der Waals surface area contributed by atoms with Crippen molar-refractivity contribution in [3.05, 3.63) is 23.3 Å².